The van der Waals surface area contributed by atoms with Gasteiger partial charge in [0.15, 0.2) is 0 Å². The largest absolute Gasteiger partial charge is 0.416 e. The molecule has 3 rings (SSSR count). The average Bonchev–Trinajstić information content (AvgIpc) is 2.56. The summed E-state index contributed by atoms with van der Waals surface area (Å²) < 4.78 is 39.5. The summed E-state index contributed by atoms with van der Waals surface area (Å²) in [4.78, 5) is 2.14. The van der Waals surface area contributed by atoms with Crippen molar-refractivity contribution in [2.24, 2.45) is 0 Å². The molecular weight excluding hydrogens is 323 g/mol. The Morgan fingerprint density at radius 2 is 1.56 bits per heavy atom. The smallest absolute Gasteiger partial charge is 0.309 e. The van der Waals surface area contributed by atoms with E-state index in [1.807, 2.05) is 33.2 Å². The van der Waals surface area contributed by atoms with Crippen LogP contribution in [-0.2, 0) is 6.18 Å². The van der Waals surface area contributed by atoms with Crippen molar-refractivity contribution < 1.29 is 13.2 Å². The summed E-state index contributed by atoms with van der Waals surface area (Å²) in [6, 6.07) is 12.5. The Kier molecular flexibility index (Phi) is 4.92. The van der Waals surface area contributed by atoms with Crippen LogP contribution in [0.1, 0.15) is 59.4 Å². The van der Waals surface area contributed by atoms with E-state index in [0.717, 1.165) is 36.1 Å². The van der Waals surface area contributed by atoms with Crippen molar-refractivity contribution in [2.45, 2.75) is 37.8 Å². The molecule has 1 aliphatic carbocycles. The third-order valence-electron chi connectivity index (χ3n) is 5.19. The minimum atomic E-state index is -4.30. The van der Waals surface area contributed by atoms with Gasteiger partial charge in [0.1, 0.15) is 0 Å². The number of nitrogens with zero attached hydrogens (tertiary/aromatic N) is 1. The summed E-state index contributed by atoms with van der Waals surface area (Å²) in [5, 5.41) is 0. The van der Waals surface area contributed by atoms with Crippen LogP contribution in [0.4, 0.5) is 13.2 Å². The molecule has 2 aromatic rings. The molecule has 0 radical (unpaired) electrons. The van der Waals surface area contributed by atoms with Crippen molar-refractivity contribution in [2.75, 3.05) is 20.6 Å². The topological polar surface area (TPSA) is 3.24 Å². The van der Waals surface area contributed by atoms with Gasteiger partial charge in [-0.2, -0.15) is 13.2 Å². The number of hydrogen-bond acceptors (Lipinski definition) is 1. The van der Waals surface area contributed by atoms with Crippen LogP contribution < -0.4 is 0 Å². The molecular formula is C21H24F3N. The van der Waals surface area contributed by atoms with E-state index < -0.39 is 11.7 Å². The van der Waals surface area contributed by atoms with Gasteiger partial charge >= 0.3 is 6.18 Å². The van der Waals surface area contributed by atoms with Crippen LogP contribution in [0.25, 0.3) is 0 Å². The van der Waals surface area contributed by atoms with Gasteiger partial charge in [0.05, 0.1) is 5.56 Å². The molecule has 2 unspecified atom stereocenters. The first kappa shape index (κ1) is 18.0. The van der Waals surface area contributed by atoms with Crippen LogP contribution in [0.15, 0.2) is 42.5 Å². The lowest BCUT2D eigenvalue weighted by Crippen LogP contribution is -2.20. The molecule has 0 spiro atoms. The summed E-state index contributed by atoms with van der Waals surface area (Å²) in [5.41, 5.74) is 3.75. The highest BCUT2D eigenvalue weighted by Gasteiger charge is 2.35. The van der Waals surface area contributed by atoms with Crippen molar-refractivity contribution in [3.8, 4) is 0 Å². The number of rotatable bonds is 4. The van der Waals surface area contributed by atoms with Crippen LogP contribution in [0.2, 0.25) is 0 Å². The molecule has 0 N–H and O–H groups in total. The fourth-order valence-electron chi connectivity index (χ4n) is 3.92. The summed E-state index contributed by atoms with van der Waals surface area (Å²) >= 11 is 0. The molecule has 0 saturated heterocycles. The standard InChI is InChI=1S/C21H24F3N/c1-14-16-7-4-5-8-17(16)18(9-6-12-25(2)3)19-11-10-15(13-20(14)19)21(22,23)24/h4-5,7-8,10-11,13-14,18H,6,9,12H2,1-3H3. The van der Waals surface area contributed by atoms with Crippen molar-refractivity contribution in [1.82, 2.24) is 4.90 Å². The predicted octanol–water partition coefficient (Wildman–Crippen LogP) is 5.64. The zero-order valence-electron chi connectivity index (χ0n) is 14.9. The highest BCUT2D eigenvalue weighted by Crippen LogP contribution is 2.46. The molecule has 134 valence electrons. The zero-order valence-corrected chi connectivity index (χ0v) is 14.9. The fourth-order valence-corrected chi connectivity index (χ4v) is 3.92. The third kappa shape index (κ3) is 3.59. The van der Waals surface area contributed by atoms with E-state index in [4.69, 9.17) is 0 Å². The molecule has 0 fully saturated rings. The Balaban J connectivity index is 2.03. The van der Waals surface area contributed by atoms with Gasteiger partial charge in [-0.05, 0) is 67.9 Å². The second kappa shape index (κ2) is 6.83. The maximum atomic E-state index is 13.2. The van der Waals surface area contributed by atoms with E-state index in [9.17, 15) is 13.2 Å². The second-order valence-corrected chi connectivity index (χ2v) is 7.19. The van der Waals surface area contributed by atoms with Gasteiger partial charge in [-0.25, -0.2) is 0 Å². The van der Waals surface area contributed by atoms with Gasteiger partial charge in [0.25, 0.3) is 0 Å². The van der Waals surface area contributed by atoms with Gasteiger partial charge in [-0.1, -0.05) is 37.3 Å². The number of hydrogen-bond donors (Lipinski definition) is 0. The van der Waals surface area contributed by atoms with E-state index >= 15 is 0 Å². The molecule has 4 heteroatoms. The van der Waals surface area contributed by atoms with E-state index in [0.29, 0.717) is 0 Å². The van der Waals surface area contributed by atoms with Gasteiger partial charge in [0.2, 0.25) is 0 Å². The summed E-state index contributed by atoms with van der Waals surface area (Å²) in [6.45, 7) is 2.98. The molecule has 2 aromatic carbocycles. The highest BCUT2D eigenvalue weighted by atomic mass is 19.4. The fraction of sp³-hybridized carbons (Fsp3) is 0.429. The Labute approximate surface area is 147 Å². The van der Waals surface area contributed by atoms with Gasteiger partial charge in [-0.3, -0.25) is 0 Å². The van der Waals surface area contributed by atoms with Crippen molar-refractivity contribution in [3.63, 3.8) is 0 Å². The lowest BCUT2D eigenvalue weighted by molar-refractivity contribution is -0.137. The summed E-state index contributed by atoms with van der Waals surface area (Å²) in [6.07, 6.45) is -2.34. The molecule has 1 aliphatic rings. The molecule has 0 bridgehead atoms. The number of fused-ring (bicyclic) bond motifs is 2. The van der Waals surface area contributed by atoms with Crippen molar-refractivity contribution >= 4 is 0 Å². The van der Waals surface area contributed by atoms with E-state index in [2.05, 4.69) is 17.0 Å². The van der Waals surface area contributed by atoms with Gasteiger partial charge in [0, 0.05) is 11.8 Å². The molecule has 0 saturated carbocycles. The maximum absolute atomic E-state index is 13.2. The molecule has 0 aliphatic heterocycles. The maximum Gasteiger partial charge on any atom is 0.416 e. The highest BCUT2D eigenvalue weighted by molar-refractivity contribution is 5.53. The first-order valence-electron chi connectivity index (χ1n) is 8.73. The SMILES string of the molecule is CC1c2ccccc2C(CCCN(C)C)c2ccc(C(F)(F)F)cc21. The van der Waals surface area contributed by atoms with Crippen LogP contribution in [0.3, 0.4) is 0 Å². The summed E-state index contributed by atoms with van der Waals surface area (Å²) in [7, 11) is 4.08. The molecule has 25 heavy (non-hydrogen) atoms. The molecule has 2 atom stereocenters. The molecule has 0 aromatic heterocycles. The number of benzene rings is 2. The lowest BCUT2D eigenvalue weighted by Gasteiger charge is -2.33. The first-order valence-corrected chi connectivity index (χ1v) is 8.73. The molecule has 1 nitrogen and oxygen atoms in total. The van der Waals surface area contributed by atoms with Crippen LogP contribution in [0.5, 0.6) is 0 Å². The Hall–Kier alpha value is -1.81. The Bertz CT molecular complexity index is 749. The van der Waals surface area contributed by atoms with Crippen LogP contribution >= 0.6 is 0 Å². The first-order chi connectivity index (χ1) is 11.8. The third-order valence-corrected chi connectivity index (χ3v) is 5.19. The minimum Gasteiger partial charge on any atom is -0.309 e. The number of halogens is 3. The Morgan fingerprint density at radius 1 is 0.920 bits per heavy atom. The summed E-state index contributed by atoms with van der Waals surface area (Å²) in [5.74, 6) is 0.156. The average molecular weight is 347 g/mol. The lowest BCUT2D eigenvalue weighted by atomic mass is 9.71. The second-order valence-electron chi connectivity index (χ2n) is 7.19. The Morgan fingerprint density at radius 3 is 2.20 bits per heavy atom. The monoisotopic (exact) mass is 347 g/mol. The van der Waals surface area contributed by atoms with E-state index in [1.54, 1.807) is 6.07 Å². The van der Waals surface area contributed by atoms with Crippen LogP contribution in [0, 0.1) is 0 Å². The predicted molar refractivity (Wildman–Crippen MR) is 95.0 cm³/mol. The number of alkyl halides is 3. The molecule has 0 heterocycles. The van der Waals surface area contributed by atoms with E-state index in [1.165, 1.54) is 17.7 Å². The van der Waals surface area contributed by atoms with E-state index in [-0.39, 0.29) is 11.8 Å². The van der Waals surface area contributed by atoms with Crippen molar-refractivity contribution in [3.05, 3.63) is 70.3 Å². The quantitative estimate of drug-likeness (QED) is 0.691. The van der Waals surface area contributed by atoms with Crippen LogP contribution in [-0.4, -0.2) is 25.5 Å². The normalized spacial score (nSPS) is 19.6. The molecule has 0 amide bonds. The zero-order chi connectivity index (χ0) is 18.2. The van der Waals surface area contributed by atoms with Gasteiger partial charge in [-0.15, -0.1) is 0 Å². The minimum absolute atomic E-state index is 0.0152. The van der Waals surface area contributed by atoms with Gasteiger partial charge < -0.3 is 4.90 Å². The van der Waals surface area contributed by atoms with Crippen molar-refractivity contribution in [1.29, 1.82) is 0 Å².